The molecule has 5 heteroatoms. The zero-order valence-corrected chi connectivity index (χ0v) is 16.0. The van der Waals surface area contributed by atoms with Crippen molar-refractivity contribution in [2.45, 2.75) is 65.4 Å². The molecule has 1 aromatic carbocycles. The maximum atomic E-state index is 12.7. The van der Waals surface area contributed by atoms with Crippen molar-refractivity contribution in [3.63, 3.8) is 0 Å². The van der Waals surface area contributed by atoms with E-state index in [0.717, 1.165) is 25.7 Å². The number of carbonyl (C=O) groups is 1. The van der Waals surface area contributed by atoms with Crippen LogP contribution in [0.25, 0.3) is 0 Å². The van der Waals surface area contributed by atoms with Crippen LogP contribution in [0.3, 0.4) is 0 Å². The lowest BCUT2D eigenvalue weighted by molar-refractivity contribution is -0.140. The van der Waals surface area contributed by atoms with Gasteiger partial charge < -0.3 is 14.8 Å². The van der Waals surface area contributed by atoms with Crippen molar-refractivity contribution in [3.8, 4) is 5.75 Å². The maximum Gasteiger partial charge on any atom is 0.256 e. The third-order valence-electron chi connectivity index (χ3n) is 3.85. The lowest BCUT2D eigenvalue weighted by Crippen LogP contribution is -2.43. The molecule has 0 aliphatic rings. The number of hydrogen-bond acceptors (Lipinski definition) is 3. The first-order valence-corrected chi connectivity index (χ1v) is 9.22. The molecule has 0 spiro atoms. The summed E-state index contributed by atoms with van der Waals surface area (Å²) in [6.07, 6.45) is 4.75. The summed E-state index contributed by atoms with van der Waals surface area (Å²) in [7, 11) is 0. The highest BCUT2D eigenvalue weighted by Gasteiger charge is 2.33. The third-order valence-corrected chi connectivity index (χ3v) is 4.15. The molecular formula is C19H30ClNO3. The number of rotatable bonds is 11. The Kier molecular flexibility index (Phi) is 9.16. The van der Waals surface area contributed by atoms with Gasteiger partial charge in [-0.05, 0) is 44.9 Å². The first-order chi connectivity index (χ1) is 11.5. The van der Waals surface area contributed by atoms with Crippen LogP contribution in [0.15, 0.2) is 18.2 Å². The summed E-state index contributed by atoms with van der Waals surface area (Å²) in [5, 5.41) is 3.41. The van der Waals surface area contributed by atoms with Crippen LogP contribution in [0.2, 0.25) is 5.02 Å². The van der Waals surface area contributed by atoms with Crippen LogP contribution in [0.1, 0.15) is 59.8 Å². The van der Waals surface area contributed by atoms with Crippen molar-refractivity contribution in [3.05, 3.63) is 23.2 Å². The molecule has 0 radical (unpaired) electrons. The van der Waals surface area contributed by atoms with E-state index in [2.05, 4.69) is 12.2 Å². The minimum atomic E-state index is -0.823. The lowest BCUT2D eigenvalue weighted by atomic mass is 9.96. The molecule has 0 fully saturated rings. The van der Waals surface area contributed by atoms with E-state index in [-0.39, 0.29) is 5.91 Å². The van der Waals surface area contributed by atoms with Crippen LogP contribution in [-0.2, 0) is 9.53 Å². The average Bonchev–Trinajstić information content (AvgIpc) is 2.56. The SMILES string of the molecule is CCCCC[C@](C)(OCCC)C(=O)Nc1ccc(OCC)c(Cl)c1. The summed E-state index contributed by atoms with van der Waals surface area (Å²) in [5.74, 6) is 0.484. The first kappa shape index (κ1) is 20.8. The van der Waals surface area contributed by atoms with E-state index in [1.54, 1.807) is 18.2 Å². The molecule has 136 valence electrons. The number of ether oxygens (including phenoxy) is 2. The zero-order valence-electron chi connectivity index (χ0n) is 15.3. The second kappa shape index (κ2) is 10.6. The summed E-state index contributed by atoms with van der Waals surface area (Å²) in [4.78, 5) is 12.7. The van der Waals surface area contributed by atoms with Gasteiger partial charge in [0.1, 0.15) is 11.4 Å². The molecule has 0 aliphatic heterocycles. The highest BCUT2D eigenvalue weighted by molar-refractivity contribution is 6.32. The van der Waals surface area contributed by atoms with Crippen molar-refractivity contribution in [1.82, 2.24) is 0 Å². The van der Waals surface area contributed by atoms with Gasteiger partial charge in [-0.3, -0.25) is 4.79 Å². The minimum absolute atomic E-state index is 0.132. The molecule has 1 rings (SSSR count). The second-order valence-corrected chi connectivity index (χ2v) is 6.48. The van der Waals surface area contributed by atoms with Gasteiger partial charge in [0.15, 0.2) is 0 Å². The second-order valence-electron chi connectivity index (χ2n) is 6.07. The number of amides is 1. The Hall–Kier alpha value is -1.26. The number of nitrogens with one attached hydrogen (secondary N) is 1. The minimum Gasteiger partial charge on any atom is -0.492 e. The Labute approximate surface area is 150 Å². The van der Waals surface area contributed by atoms with E-state index in [1.807, 2.05) is 20.8 Å². The quantitative estimate of drug-likeness (QED) is 0.537. The van der Waals surface area contributed by atoms with Crippen molar-refractivity contribution in [2.24, 2.45) is 0 Å². The summed E-state index contributed by atoms with van der Waals surface area (Å²) >= 11 is 6.18. The van der Waals surface area contributed by atoms with E-state index in [4.69, 9.17) is 21.1 Å². The normalized spacial score (nSPS) is 13.4. The number of unbranched alkanes of at least 4 members (excludes halogenated alkanes) is 2. The fourth-order valence-corrected chi connectivity index (χ4v) is 2.64. The van der Waals surface area contributed by atoms with Crippen LogP contribution in [0.4, 0.5) is 5.69 Å². The third kappa shape index (κ3) is 6.33. The van der Waals surface area contributed by atoms with Gasteiger partial charge in [0.25, 0.3) is 5.91 Å². The van der Waals surface area contributed by atoms with Gasteiger partial charge in [-0.15, -0.1) is 0 Å². The molecule has 1 N–H and O–H groups in total. The Balaban J connectivity index is 2.80. The van der Waals surface area contributed by atoms with Crippen LogP contribution < -0.4 is 10.1 Å². The molecule has 0 saturated heterocycles. The van der Waals surface area contributed by atoms with Crippen LogP contribution in [-0.4, -0.2) is 24.7 Å². The van der Waals surface area contributed by atoms with Crippen molar-refractivity contribution in [1.29, 1.82) is 0 Å². The van der Waals surface area contributed by atoms with E-state index in [0.29, 0.717) is 36.1 Å². The number of hydrogen-bond donors (Lipinski definition) is 1. The summed E-state index contributed by atoms with van der Waals surface area (Å²) in [5.41, 5.74) is -0.175. The zero-order chi connectivity index (χ0) is 18.0. The van der Waals surface area contributed by atoms with Gasteiger partial charge in [-0.25, -0.2) is 0 Å². The predicted octanol–water partition coefficient (Wildman–Crippen LogP) is 5.44. The predicted molar refractivity (Wildman–Crippen MR) is 100 cm³/mol. The van der Waals surface area contributed by atoms with Gasteiger partial charge in [0.05, 0.1) is 11.6 Å². The van der Waals surface area contributed by atoms with Gasteiger partial charge in [-0.2, -0.15) is 0 Å². The first-order valence-electron chi connectivity index (χ1n) is 8.84. The summed E-state index contributed by atoms with van der Waals surface area (Å²) in [6, 6.07) is 5.26. The van der Waals surface area contributed by atoms with Crippen molar-refractivity contribution < 1.29 is 14.3 Å². The molecule has 1 amide bonds. The Morgan fingerprint density at radius 2 is 1.96 bits per heavy atom. The van der Waals surface area contributed by atoms with Crippen LogP contribution in [0.5, 0.6) is 5.75 Å². The van der Waals surface area contributed by atoms with Crippen LogP contribution in [0, 0.1) is 0 Å². The molecule has 0 saturated carbocycles. The maximum absolute atomic E-state index is 12.7. The highest BCUT2D eigenvalue weighted by atomic mass is 35.5. The number of benzene rings is 1. The molecule has 1 aromatic rings. The summed E-state index contributed by atoms with van der Waals surface area (Å²) < 4.78 is 11.3. The molecule has 0 bridgehead atoms. The van der Waals surface area contributed by atoms with Gasteiger partial charge in [-0.1, -0.05) is 44.7 Å². The van der Waals surface area contributed by atoms with Crippen molar-refractivity contribution >= 4 is 23.2 Å². The molecule has 0 heterocycles. The molecule has 1 atom stereocenters. The number of anilines is 1. The number of halogens is 1. The topological polar surface area (TPSA) is 47.6 Å². The Morgan fingerprint density at radius 1 is 1.21 bits per heavy atom. The largest absolute Gasteiger partial charge is 0.492 e. The van der Waals surface area contributed by atoms with Gasteiger partial charge in [0.2, 0.25) is 0 Å². The lowest BCUT2D eigenvalue weighted by Gasteiger charge is -2.29. The van der Waals surface area contributed by atoms with E-state index in [1.165, 1.54) is 0 Å². The van der Waals surface area contributed by atoms with E-state index < -0.39 is 5.60 Å². The molecule has 0 aromatic heterocycles. The average molecular weight is 356 g/mol. The van der Waals surface area contributed by atoms with Crippen molar-refractivity contribution in [2.75, 3.05) is 18.5 Å². The Bertz CT molecular complexity index is 521. The number of carbonyl (C=O) groups excluding carboxylic acids is 1. The van der Waals surface area contributed by atoms with E-state index in [9.17, 15) is 4.79 Å². The Morgan fingerprint density at radius 3 is 2.54 bits per heavy atom. The monoisotopic (exact) mass is 355 g/mol. The van der Waals surface area contributed by atoms with Gasteiger partial charge >= 0.3 is 0 Å². The van der Waals surface area contributed by atoms with Crippen LogP contribution >= 0.6 is 11.6 Å². The fraction of sp³-hybridized carbons (Fsp3) is 0.632. The van der Waals surface area contributed by atoms with Gasteiger partial charge in [0, 0.05) is 12.3 Å². The fourth-order valence-electron chi connectivity index (χ4n) is 2.41. The highest BCUT2D eigenvalue weighted by Crippen LogP contribution is 2.29. The molecule has 24 heavy (non-hydrogen) atoms. The molecule has 4 nitrogen and oxygen atoms in total. The molecule has 0 aliphatic carbocycles. The van der Waals surface area contributed by atoms with E-state index >= 15 is 0 Å². The molecular weight excluding hydrogens is 326 g/mol. The standard InChI is InChI=1S/C19H30ClNO3/c1-5-8-9-12-19(4,24-13-6-2)18(22)21-15-10-11-17(23-7-3)16(20)14-15/h10-11,14H,5-9,12-13H2,1-4H3,(H,21,22)/t19-/m0/s1. The smallest absolute Gasteiger partial charge is 0.256 e. The molecule has 0 unspecified atom stereocenters. The summed E-state index contributed by atoms with van der Waals surface area (Å²) in [6.45, 7) is 9.07.